The van der Waals surface area contributed by atoms with Gasteiger partial charge in [-0.15, -0.1) is 0 Å². The molecule has 0 aliphatic carbocycles. The lowest BCUT2D eigenvalue weighted by Crippen LogP contribution is -2.50. The number of rotatable bonds is 4. The molecule has 2 aliphatic heterocycles. The maximum absolute atomic E-state index is 14.2. The number of anilines is 1. The van der Waals surface area contributed by atoms with Crippen molar-refractivity contribution in [1.29, 1.82) is 0 Å². The van der Waals surface area contributed by atoms with E-state index in [1.54, 1.807) is 21.6 Å². The van der Waals surface area contributed by atoms with Crippen LogP contribution in [0.25, 0.3) is 10.9 Å². The lowest BCUT2D eigenvalue weighted by molar-refractivity contribution is 0.0741. The maximum atomic E-state index is 14.2. The zero-order valence-electron chi connectivity index (χ0n) is 18.7. The molecule has 34 heavy (non-hydrogen) atoms. The molecule has 1 aromatic heterocycles. The Morgan fingerprint density at radius 3 is 2.50 bits per heavy atom. The van der Waals surface area contributed by atoms with Crippen LogP contribution in [0.1, 0.15) is 23.7 Å². The summed E-state index contributed by atoms with van der Waals surface area (Å²) in [5.41, 5.74) is 0.278. The number of hydrogen-bond donors (Lipinski definition) is 0. The molecule has 0 unspecified atom stereocenters. The van der Waals surface area contributed by atoms with Gasteiger partial charge >= 0.3 is 0 Å². The van der Waals surface area contributed by atoms with Gasteiger partial charge in [-0.25, -0.2) is 9.37 Å². The van der Waals surface area contributed by atoms with Crippen molar-refractivity contribution in [3.63, 3.8) is 0 Å². The van der Waals surface area contributed by atoms with Crippen LogP contribution in [-0.2, 0) is 6.54 Å². The molecule has 0 N–H and O–H groups in total. The second-order valence-electron chi connectivity index (χ2n) is 8.26. The second kappa shape index (κ2) is 9.13. The number of aromatic nitrogens is 2. The highest BCUT2D eigenvalue weighted by molar-refractivity contribution is 6.33. The Kier molecular flexibility index (Phi) is 6.03. The summed E-state index contributed by atoms with van der Waals surface area (Å²) < 4.78 is 27.2. The van der Waals surface area contributed by atoms with Crippen molar-refractivity contribution in [1.82, 2.24) is 14.5 Å². The summed E-state index contributed by atoms with van der Waals surface area (Å²) in [6, 6.07) is 7.64. The zero-order chi connectivity index (χ0) is 23.8. The van der Waals surface area contributed by atoms with Crippen LogP contribution in [0.4, 0.5) is 10.3 Å². The van der Waals surface area contributed by atoms with Crippen LogP contribution < -0.4 is 19.9 Å². The minimum Gasteiger partial charge on any atom is -0.486 e. The number of nitrogens with zero attached hydrogens (tertiary/aromatic N) is 4. The van der Waals surface area contributed by atoms with E-state index in [0.717, 1.165) is 6.42 Å². The van der Waals surface area contributed by atoms with Crippen molar-refractivity contribution in [2.24, 2.45) is 0 Å². The first-order chi connectivity index (χ1) is 16.5. The van der Waals surface area contributed by atoms with E-state index in [4.69, 9.17) is 26.1 Å². The van der Waals surface area contributed by atoms with Crippen molar-refractivity contribution in [2.45, 2.75) is 19.9 Å². The smallest absolute Gasteiger partial charge is 0.262 e. The number of amides is 1. The van der Waals surface area contributed by atoms with Gasteiger partial charge in [0.25, 0.3) is 11.5 Å². The molecule has 8 nitrogen and oxygen atoms in total. The maximum Gasteiger partial charge on any atom is 0.262 e. The molecule has 5 rings (SSSR count). The van der Waals surface area contributed by atoms with Gasteiger partial charge < -0.3 is 19.3 Å². The Hall–Kier alpha value is -3.33. The van der Waals surface area contributed by atoms with Gasteiger partial charge in [0.1, 0.15) is 19.0 Å². The van der Waals surface area contributed by atoms with Crippen molar-refractivity contribution in [3.8, 4) is 11.5 Å². The van der Waals surface area contributed by atoms with E-state index in [9.17, 15) is 14.0 Å². The first-order valence-electron chi connectivity index (χ1n) is 11.3. The predicted octanol–water partition coefficient (Wildman–Crippen LogP) is 3.33. The monoisotopic (exact) mass is 486 g/mol. The van der Waals surface area contributed by atoms with Gasteiger partial charge in [-0.3, -0.25) is 14.2 Å². The molecule has 3 aromatic rings. The van der Waals surface area contributed by atoms with E-state index in [0.29, 0.717) is 74.3 Å². The normalized spacial score (nSPS) is 15.6. The number of hydrogen-bond acceptors (Lipinski definition) is 6. The fourth-order valence-electron chi connectivity index (χ4n) is 4.38. The van der Waals surface area contributed by atoms with Crippen molar-refractivity contribution < 1.29 is 18.7 Å². The molecule has 2 aromatic carbocycles. The van der Waals surface area contributed by atoms with Gasteiger partial charge in [-0.05, 0) is 24.6 Å². The van der Waals surface area contributed by atoms with E-state index in [1.807, 2.05) is 11.8 Å². The zero-order valence-corrected chi connectivity index (χ0v) is 19.5. The van der Waals surface area contributed by atoms with Crippen LogP contribution in [0.15, 0.2) is 35.1 Å². The lowest BCUT2D eigenvalue weighted by atomic mass is 10.1. The molecule has 0 atom stereocenters. The van der Waals surface area contributed by atoms with Gasteiger partial charge in [0, 0.05) is 38.8 Å². The highest BCUT2D eigenvalue weighted by Gasteiger charge is 2.28. The SMILES string of the molecule is CCCn1c(N2CCN(C(=O)c3c(F)cccc3Cl)CC2)nc2cc3c(cc2c1=O)OCCO3. The Balaban J connectivity index is 1.45. The predicted molar refractivity (Wildman–Crippen MR) is 127 cm³/mol. The van der Waals surface area contributed by atoms with Gasteiger partial charge in [0.2, 0.25) is 5.95 Å². The fourth-order valence-corrected chi connectivity index (χ4v) is 4.63. The van der Waals surface area contributed by atoms with Crippen LogP contribution in [0.2, 0.25) is 5.02 Å². The van der Waals surface area contributed by atoms with E-state index in [1.165, 1.54) is 18.2 Å². The molecule has 0 spiro atoms. The first kappa shape index (κ1) is 22.5. The van der Waals surface area contributed by atoms with Crippen LogP contribution in [0.5, 0.6) is 11.5 Å². The van der Waals surface area contributed by atoms with E-state index < -0.39 is 11.7 Å². The third-order valence-corrected chi connectivity index (χ3v) is 6.39. The van der Waals surface area contributed by atoms with E-state index >= 15 is 0 Å². The number of carbonyl (C=O) groups excluding carboxylic acids is 1. The van der Waals surface area contributed by atoms with Crippen LogP contribution >= 0.6 is 11.6 Å². The van der Waals surface area contributed by atoms with Crippen molar-refractivity contribution >= 4 is 34.4 Å². The molecular weight excluding hydrogens is 463 g/mol. The van der Waals surface area contributed by atoms with Gasteiger partial charge in [-0.1, -0.05) is 24.6 Å². The molecule has 178 valence electrons. The van der Waals surface area contributed by atoms with Gasteiger partial charge in [-0.2, -0.15) is 0 Å². The topological polar surface area (TPSA) is 76.9 Å². The minimum atomic E-state index is -0.637. The molecule has 1 fully saturated rings. The number of fused-ring (bicyclic) bond motifs is 2. The molecule has 1 amide bonds. The van der Waals surface area contributed by atoms with E-state index in [-0.39, 0.29) is 16.1 Å². The Labute approximate surface area is 200 Å². The highest BCUT2D eigenvalue weighted by Crippen LogP contribution is 2.33. The minimum absolute atomic E-state index is 0.0925. The Bertz CT molecular complexity index is 1300. The third-order valence-electron chi connectivity index (χ3n) is 6.07. The summed E-state index contributed by atoms with van der Waals surface area (Å²) in [6.07, 6.45) is 0.759. The van der Waals surface area contributed by atoms with Gasteiger partial charge in [0.05, 0.1) is 21.5 Å². The highest BCUT2D eigenvalue weighted by atomic mass is 35.5. The number of halogens is 2. The molecule has 3 heterocycles. The average Bonchev–Trinajstić information content (AvgIpc) is 2.84. The number of benzene rings is 2. The molecule has 1 saturated heterocycles. The Morgan fingerprint density at radius 2 is 1.82 bits per heavy atom. The average molecular weight is 487 g/mol. The fraction of sp³-hybridized carbons (Fsp3) is 0.375. The molecule has 2 aliphatic rings. The van der Waals surface area contributed by atoms with Crippen molar-refractivity contribution in [3.05, 3.63) is 57.1 Å². The summed E-state index contributed by atoms with van der Waals surface area (Å²) in [5.74, 6) is 0.591. The summed E-state index contributed by atoms with van der Waals surface area (Å²) in [4.78, 5) is 34.7. The summed E-state index contributed by atoms with van der Waals surface area (Å²) >= 11 is 6.08. The number of ether oxygens (including phenoxy) is 2. The van der Waals surface area contributed by atoms with E-state index in [2.05, 4.69) is 0 Å². The van der Waals surface area contributed by atoms with Crippen LogP contribution in [0.3, 0.4) is 0 Å². The van der Waals surface area contributed by atoms with Crippen LogP contribution in [0, 0.1) is 5.82 Å². The molecule has 0 radical (unpaired) electrons. The standard InChI is InChI=1S/C24H24ClFN4O4/c1-2-6-30-22(31)15-13-19-20(34-12-11-33-19)14-18(15)27-24(30)29-9-7-28(8-10-29)23(32)21-16(25)4-3-5-17(21)26/h3-5,13-14H,2,6-12H2,1H3. The second-order valence-corrected chi connectivity index (χ2v) is 8.66. The summed E-state index contributed by atoms with van der Waals surface area (Å²) in [5, 5.41) is 0.569. The third kappa shape index (κ3) is 3.94. The summed E-state index contributed by atoms with van der Waals surface area (Å²) in [7, 11) is 0. The largest absolute Gasteiger partial charge is 0.486 e. The quantitative estimate of drug-likeness (QED) is 0.563. The molecule has 0 saturated carbocycles. The summed E-state index contributed by atoms with van der Waals surface area (Å²) in [6.45, 7) is 4.99. The van der Waals surface area contributed by atoms with Crippen LogP contribution in [-0.4, -0.2) is 59.8 Å². The number of carbonyl (C=O) groups is 1. The molecular formula is C24H24ClFN4O4. The number of piperazine rings is 1. The van der Waals surface area contributed by atoms with Crippen molar-refractivity contribution in [2.75, 3.05) is 44.3 Å². The molecule has 10 heteroatoms. The van der Waals surface area contributed by atoms with Gasteiger partial charge in [0.15, 0.2) is 11.5 Å². The Morgan fingerprint density at radius 1 is 1.12 bits per heavy atom. The molecule has 0 bridgehead atoms. The first-order valence-corrected chi connectivity index (χ1v) is 11.7. The lowest BCUT2D eigenvalue weighted by Gasteiger charge is -2.36.